The maximum Gasteiger partial charge on any atom is 0.412 e. The molecule has 0 aliphatic carbocycles. The van der Waals surface area contributed by atoms with Gasteiger partial charge in [0.1, 0.15) is 0 Å². The average Bonchev–Trinajstić information content (AvgIpc) is 2.34. The number of hydrogen-bond acceptors (Lipinski definition) is 3. The van der Waals surface area contributed by atoms with Crippen LogP contribution in [0.5, 0.6) is 0 Å². The maximum atomic E-state index is 12.5. The molecule has 0 aliphatic heterocycles. The number of non-ortho nitro benzene ring substituents is 1. The average molecular weight is 273 g/mol. The standard InChI is InChI=1S/C12H10F3NO3/c1-2-9(12(13,14)15)7-11(17)8-3-5-10(6-4-8)16(18)19/h3-7H,2H2,1H3/b9-7+. The molecule has 0 atom stereocenters. The van der Waals surface area contributed by atoms with Gasteiger partial charge in [0.25, 0.3) is 5.69 Å². The Kier molecular flexibility index (Phi) is 4.42. The fraction of sp³-hybridized carbons (Fsp3) is 0.250. The van der Waals surface area contributed by atoms with Gasteiger partial charge in [-0.3, -0.25) is 14.9 Å². The summed E-state index contributed by atoms with van der Waals surface area (Å²) in [5.41, 5.74) is -1.19. The fourth-order valence-electron chi connectivity index (χ4n) is 1.37. The van der Waals surface area contributed by atoms with Gasteiger partial charge in [-0.05, 0) is 24.6 Å². The zero-order chi connectivity index (χ0) is 14.6. The highest BCUT2D eigenvalue weighted by Gasteiger charge is 2.32. The van der Waals surface area contributed by atoms with Gasteiger partial charge < -0.3 is 0 Å². The summed E-state index contributed by atoms with van der Waals surface area (Å²) in [5.74, 6) is -0.830. The molecule has 0 radical (unpaired) electrons. The minimum atomic E-state index is -4.55. The Morgan fingerprint density at radius 1 is 1.32 bits per heavy atom. The van der Waals surface area contributed by atoms with Crippen molar-refractivity contribution in [3.05, 3.63) is 51.6 Å². The minimum absolute atomic E-state index is 0.0270. The summed E-state index contributed by atoms with van der Waals surface area (Å²) in [6.07, 6.45) is -4.35. The summed E-state index contributed by atoms with van der Waals surface area (Å²) < 4.78 is 37.4. The van der Waals surface area contributed by atoms with Gasteiger partial charge in [-0.25, -0.2) is 0 Å². The van der Waals surface area contributed by atoms with Gasteiger partial charge in [0.05, 0.1) is 4.92 Å². The first-order valence-corrected chi connectivity index (χ1v) is 5.32. The van der Waals surface area contributed by atoms with Crippen molar-refractivity contribution >= 4 is 11.5 Å². The molecule has 1 aromatic rings. The van der Waals surface area contributed by atoms with Crippen LogP contribution in [0.4, 0.5) is 18.9 Å². The molecule has 0 unspecified atom stereocenters. The van der Waals surface area contributed by atoms with Crippen molar-refractivity contribution in [3.63, 3.8) is 0 Å². The van der Waals surface area contributed by atoms with Crippen LogP contribution in [0.1, 0.15) is 23.7 Å². The number of nitro benzene ring substituents is 1. The molecule has 0 saturated carbocycles. The third kappa shape index (κ3) is 3.90. The van der Waals surface area contributed by atoms with E-state index in [-0.39, 0.29) is 17.7 Å². The topological polar surface area (TPSA) is 60.2 Å². The summed E-state index contributed by atoms with van der Waals surface area (Å²) in [7, 11) is 0. The number of carbonyl (C=O) groups excluding carboxylic acids is 1. The largest absolute Gasteiger partial charge is 0.412 e. The van der Waals surface area contributed by atoms with E-state index in [2.05, 4.69) is 0 Å². The molecule has 1 aromatic carbocycles. The van der Waals surface area contributed by atoms with Crippen molar-refractivity contribution < 1.29 is 22.9 Å². The Bertz CT molecular complexity index is 518. The van der Waals surface area contributed by atoms with E-state index in [9.17, 15) is 28.1 Å². The van der Waals surface area contributed by atoms with Crippen molar-refractivity contribution in [2.45, 2.75) is 19.5 Å². The summed E-state index contributed by atoms with van der Waals surface area (Å²) >= 11 is 0. The van der Waals surface area contributed by atoms with Crippen LogP contribution < -0.4 is 0 Å². The number of hydrogen-bond donors (Lipinski definition) is 0. The Morgan fingerprint density at radius 2 is 1.84 bits per heavy atom. The van der Waals surface area contributed by atoms with Crippen LogP contribution in [0.3, 0.4) is 0 Å². The molecule has 0 bridgehead atoms. The SMILES string of the molecule is CC/C(=C\C(=O)c1ccc([N+](=O)[O-])cc1)C(F)(F)F. The Balaban J connectivity index is 3.01. The van der Waals surface area contributed by atoms with Gasteiger partial charge in [0.2, 0.25) is 0 Å². The summed E-state index contributed by atoms with van der Waals surface area (Å²) in [4.78, 5) is 21.3. The highest BCUT2D eigenvalue weighted by molar-refractivity contribution is 6.05. The lowest BCUT2D eigenvalue weighted by molar-refractivity contribution is -0.384. The fourth-order valence-corrected chi connectivity index (χ4v) is 1.37. The third-order valence-corrected chi connectivity index (χ3v) is 2.41. The molecule has 7 heteroatoms. The van der Waals surface area contributed by atoms with Crippen molar-refractivity contribution in [2.24, 2.45) is 0 Å². The second kappa shape index (κ2) is 5.64. The van der Waals surface area contributed by atoms with E-state index in [1.807, 2.05) is 0 Å². The number of ketones is 1. The smallest absolute Gasteiger partial charge is 0.289 e. The quantitative estimate of drug-likeness (QED) is 0.364. The van der Waals surface area contributed by atoms with Crippen LogP contribution in [0.2, 0.25) is 0 Å². The lowest BCUT2D eigenvalue weighted by atomic mass is 10.1. The highest BCUT2D eigenvalue weighted by atomic mass is 19.4. The second-order valence-corrected chi connectivity index (χ2v) is 3.69. The minimum Gasteiger partial charge on any atom is -0.289 e. The Labute approximate surface area is 106 Å². The van der Waals surface area contributed by atoms with E-state index >= 15 is 0 Å². The molecular weight excluding hydrogens is 263 g/mol. The number of alkyl halides is 3. The van der Waals surface area contributed by atoms with Crippen LogP contribution in [0, 0.1) is 10.1 Å². The van der Waals surface area contributed by atoms with E-state index in [1.54, 1.807) is 0 Å². The molecule has 19 heavy (non-hydrogen) atoms. The molecule has 0 saturated heterocycles. The monoisotopic (exact) mass is 273 g/mol. The number of halogens is 3. The molecule has 0 heterocycles. The Hall–Kier alpha value is -2.18. The first kappa shape index (κ1) is 14.9. The number of carbonyl (C=O) groups is 1. The Morgan fingerprint density at radius 3 is 2.21 bits per heavy atom. The van der Waals surface area contributed by atoms with E-state index < -0.39 is 22.5 Å². The molecule has 1 rings (SSSR count). The molecule has 102 valence electrons. The highest BCUT2D eigenvalue weighted by Crippen LogP contribution is 2.28. The van der Waals surface area contributed by atoms with Crippen LogP contribution >= 0.6 is 0 Å². The first-order chi connectivity index (χ1) is 8.75. The number of allylic oxidation sites excluding steroid dienone is 2. The van der Waals surface area contributed by atoms with Crippen molar-refractivity contribution in [2.75, 3.05) is 0 Å². The van der Waals surface area contributed by atoms with Crippen LogP contribution in [0.15, 0.2) is 35.9 Å². The van der Waals surface area contributed by atoms with E-state index in [0.717, 1.165) is 24.3 Å². The third-order valence-electron chi connectivity index (χ3n) is 2.41. The van der Waals surface area contributed by atoms with Crippen LogP contribution in [-0.2, 0) is 0 Å². The number of benzene rings is 1. The summed E-state index contributed by atoms with van der Waals surface area (Å²) in [6, 6.07) is 4.39. The zero-order valence-corrected chi connectivity index (χ0v) is 9.90. The van der Waals surface area contributed by atoms with Crippen LogP contribution in [-0.4, -0.2) is 16.9 Å². The van der Waals surface area contributed by atoms with Crippen molar-refractivity contribution in [1.29, 1.82) is 0 Å². The lowest BCUT2D eigenvalue weighted by Gasteiger charge is -2.08. The molecule has 0 fully saturated rings. The van der Waals surface area contributed by atoms with E-state index in [4.69, 9.17) is 0 Å². The predicted octanol–water partition coefficient (Wildman–Crippen LogP) is 3.68. The first-order valence-electron chi connectivity index (χ1n) is 5.32. The number of nitro groups is 1. The van der Waals surface area contributed by atoms with Crippen LogP contribution in [0.25, 0.3) is 0 Å². The van der Waals surface area contributed by atoms with Gasteiger partial charge in [-0.2, -0.15) is 13.2 Å². The second-order valence-electron chi connectivity index (χ2n) is 3.69. The normalized spacial score (nSPS) is 12.3. The summed E-state index contributed by atoms with van der Waals surface area (Å²) in [5, 5.41) is 10.4. The zero-order valence-electron chi connectivity index (χ0n) is 9.90. The number of rotatable bonds is 4. The molecular formula is C12H10F3NO3. The van der Waals surface area contributed by atoms with Gasteiger partial charge in [0.15, 0.2) is 5.78 Å². The van der Waals surface area contributed by atoms with E-state index in [1.165, 1.54) is 6.92 Å². The molecule has 0 N–H and O–H groups in total. The molecule has 0 aromatic heterocycles. The van der Waals surface area contributed by atoms with Gasteiger partial charge in [-0.15, -0.1) is 0 Å². The molecule has 4 nitrogen and oxygen atoms in total. The van der Waals surface area contributed by atoms with Gasteiger partial charge >= 0.3 is 6.18 Å². The van der Waals surface area contributed by atoms with Gasteiger partial charge in [0, 0.05) is 23.3 Å². The summed E-state index contributed by atoms with van der Waals surface area (Å²) in [6.45, 7) is 1.29. The predicted molar refractivity (Wildman–Crippen MR) is 61.9 cm³/mol. The van der Waals surface area contributed by atoms with Crippen molar-refractivity contribution in [1.82, 2.24) is 0 Å². The molecule has 0 amide bonds. The van der Waals surface area contributed by atoms with Crippen molar-refractivity contribution in [3.8, 4) is 0 Å². The maximum absolute atomic E-state index is 12.5. The molecule has 0 aliphatic rings. The van der Waals surface area contributed by atoms with E-state index in [0.29, 0.717) is 6.08 Å². The van der Waals surface area contributed by atoms with Gasteiger partial charge in [-0.1, -0.05) is 6.92 Å². The molecule has 0 spiro atoms. The lowest BCUT2D eigenvalue weighted by Crippen LogP contribution is -2.13. The number of nitrogens with zero attached hydrogens (tertiary/aromatic N) is 1.